The Morgan fingerprint density at radius 1 is 1.55 bits per heavy atom. The first-order valence-electron chi connectivity index (χ1n) is 6.13. The van der Waals surface area contributed by atoms with Crippen LogP contribution in [0.3, 0.4) is 0 Å². The van der Waals surface area contributed by atoms with Crippen molar-refractivity contribution in [3.05, 3.63) is 29.6 Å². The average Bonchev–Trinajstić information content (AvgIpc) is 2.82. The summed E-state index contributed by atoms with van der Waals surface area (Å²) in [6, 6.07) is 3.56. The van der Waals surface area contributed by atoms with Gasteiger partial charge in [-0.25, -0.2) is 12.8 Å². The van der Waals surface area contributed by atoms with Gasteiger partial charge in [0.05, 0.1) is 17.4 Å². The Morgan fingerprint density at radius 3 is 2.90 bits per heavy atom. The van der Waals surface area contributed by atoms with Crippen molar-refractivity contribution in [3.8, 4) is 0 Å². The van der Waals surface area contributed by atoms with Crippen molar-refractivity contribution in [1.82, 2.24) is 0 Å². The number of benzene rings is 1. The van der Waals surface area contributed by atoms with Crippen molar-refractivity contribution in [2.75, 3.05) is 17.1 Å². The molecule has 1 unspecified atom stereocenters. The molecule has 1 fully saturated rings. The Hall–Kier alpha value is -1.67. The minimum absolute atomic E-state index is 0.137. The number of nitrogen functional groups attached to an aromatic ring is 1. The number of anilines is 1. The first kappa shape index (κ1) is 14.7. The number of halogens is 1. The van der Waals surface area contributed by atoms with Crippen LogP contribution in [0.15, 0.2) is 18.2 Å². The Morgan fingerprint density at radius 2 is 2.30 bits per heavy atom. The molecule has 20 heavy (non-hydrogen) atoms. The van der Waals surface area contributed by atoms with Gasteiger partial charge in [0.1, 0.15) is 11.7 Å². The third-order valence-corrected chi connectivity index (χ3v) is 4.32. The number of sulfonamides is 1. The van der Waals surface area contributed by atoms with Gasteiger partial charge >= 0.3 is 0 Å². The molecule has 2 rings (SSSR count). The normalized spacial score (nSPS) is 18.9. The molecule has 0 aliphatic carbocycles. The Bertz CT molecular complexity index is 612. The van der Waals surface area contributed by atoms with Crippen LogP contribution >= 0.6 is 0 Å². The van der Waals surface area contributed by atoms with Crippen LogP contribution in [0.2, 0.25) is 0 Å². The van der Waals surface area contributed by atoms with Gasteiger partial charge in [-0.3, -0.25) is 10.1 Å². The fourth-order valence-electron chi connectivity index (χ4n) is 2.04. The van der Waals surface area contributed by atoms with Crippen LogP contribution in [0.4, 0.5) is 10.1 Å². The Balaban J connectivity index is 2.12. The molecule has 0 radical (unpaired) electrons. The van der Waals surface area contributed by atoms with Crippen LogP contribution < -0.4 is 10.5 Å². The molecule has 0 bridgehead atoms. The summed E-state index contributed by atoms with van der Waals surface area (Å²) in [5, 5.41) is 7.23. The van der Waals surface area contributed by atoms with Gasteiger partial charge < -0.3 is 10.5 Å². The van der Waals surface area contributed by atoms with Crippen LogP contribution in [0, 0.1) is 11.2 Å². The summed E-state index contributed by atoms with van der Waals surface area (Å²) in [4.78, 5) is 0. The number of nitrogens with one attached hydrogen (secondary N) is 2. The molecule has 1 aromatic carbocycles. The molecule has 1 aliphatic rings. The summed E-state index contributed by atoms with van der Waals surface area (Å²) in [6.07, 6.45) is 1.26. The molecule has 1 aliphatic heterocycles. The predicted octanol–water partition coefficient (Wildman–Crippen LogP) is 1.03. The van der Waals surface area contributed by atoms with E-state index in [2.05, 4.69) is 4.72 Å². The molecule has 110 valence electrons. The zero-order chi connectivity index (χ0) is 14.8. The van der Waals surface area contributed by atoms with E-state index in [0.717, 1.165) is 12.5 Å². The van der Waals surface area contributed by atoms with Crippen LogP contribution in [0.5, 0.6) is 0 Å². The second-order valence-electron chi connectivity index (χ2n) is 4.63. The lowest BCUT2D eigenvalue weighted by molar-refractivity contribution is 0.127. The van der Waals surface area contributed by atoms with E-state index in [1.165, 1.54) is 12.1 Å². The topological polar surface area (TPSA) is 105 Å². The Labute approximate surface area is 116 Å². The molecular weight excluding hydrogens is 285 g/mol. The first-order valence-corrected chi connectivity index (χ1v) is 7.78. The Kier molecular flexibility index (Phi) is 4.24. The first-order chi connectivity index (χ1) is 9.37. The van der Waals surface area contributed by atoms with E-state index in [-0.39, 0.29) is 23.1 Å². The van der Waals surface area contributed by atoms with E-state index in [1.807, 2.05) is 0 Å². The fraction of sp³-hybridized carbons (Fsp3) is 0.417. The van der Waals surface area contributed by atoms with Crippen LogP contribution in [-0.4, -0.2) is 32.7 Å². The van der Waals surface area contributed by atoms with E-state index in [0.29, 0.717) is 13.0 Å². The number of ether oxygens (including phenoxy) is 1. The summed E-state index contributed by atoms with van der Waals surface area (Å²) >= 11 is 0. The molecule has 1 heterocycles. The zero-order valence-electron chi connectivity index (χ0n) is 10.7. The van der Waals surface area contributed by atoms with E-state index in [4.69, 9.17) is 15.9 Å². The average molecular weight is 301 g/mol. The molecule has 0 aromatic heterocycles. The highest BCUT2D eigenvalue weighted by molar-refractivity contribution is 7.92. The standard InChI is InChI=1S/C12H16FN3O3S/c13-11-4-3-8(6-10(11)12(14)15)16-20(17,18)7-9-2-1-5-19-9/h3-4,6,9,16H,1-2,5,7H2,(H3,14,15). The molecule has 0 amide bonds. The van der Waals surface area contributed by atoms with Gasteiger partial charge in [-0.15, -0.1) is 0 Å². The van der Waals surface area contributed by atoms with Gasteiger partial charge in [-0.05, 0) is 31.0 Å². The third-order valence-electron chi connectivity index (χ3n) is 2.96. The van der Waals surface area contributed by atoms with Crippen molar-refractivity contribution in [2.45, 2.75) is 18.9 Å². The van der Waals surface area contributed by atoms with Crippen LogP contribution in [0.25, 0.3) is 0 Å². The summed E-state index contributed by atoms with van der Waals surface area (Å²) in [5.41, 5.74) is 5.26. The molecular formula is C12H16FN3O3S. The van der Waals surface area contributed by atoms with E-state index >= 15 is 0 Å². The molecule has 1 saturated heterocycles. The summed E-state index contributed by atoms with van der Waals surface area (Å²) < 4.78 is 44.9. The summed E-state index contributed by atoms with van der Waals surface area (Å²) in [7, 11) is -3.58. The molecule has 0 spiro atoms. The SMILES string of the molecule is N=C(N)c1cc(NS(=O)(=O)CC2CCCO2)ccc1F. The largest absolute Gasteiger partial charge is 0.384 e. The molecule has 1 atom stereocenters. The van der Waals surface area contributed by atoms with Crippen LogP contribution in [-0.2, 0) is 14.8 Å². The van der Waals surface area contributed by atoms with Crippen molar-refractivity contribution >= 4 is 21.5 Å². The highest BCUT2D eigenvalue weighted by atomic mass is 32.2. The van der Waals surface area contributed by atoms with Gasteiger partial charge in [0, 0.05) is 12.3 Å². The molecule has 0 saturated carbocycles. The number of rotatable bonds is 5. The molecule has 1 aromatic rings. The van der Waals surface area contributed by atoms with Gasteiger partial charge in [0.2, 0.25) is 10.0 Å². The minimum Gasteiger partial charge on any atom is -0.384 e. The number of nitrogens with two attached hydrogens (primary N) is 1. The molecule has 8 heteroatoms. The van der Waals surface area contributed by atoms with Crippen molar-refractivity contribution in [1.29, 1.82) is 5.41 Å². The van der Waals surface area contributed by atoms with Crippen molar-refractivity contribution < 1.29 is 17.5 Å². The van der Waals surface area contributed by atoms with E-state index < -0.39 is 21.7 Å². The lowest BCUT2D eigenvalue weighted by Gasteiger charge is -2.13. The fourth-order valence-corrected chi connectivity index (χ4v) is 3.36. The molecule has 6 nitrogen and oxygen atoms in total. The minimum atomic E-state index is -3.58. The lowest BCUT2D eigenvalue weighted by atomic mass is 10.2. The quantitative estimate of drug-likeness (QED) is 0.558. The second-order valence-corrected chi connectivity index (χ2v) is 6.39. The second kappa shape index (κ2) is 5.76. The maximum absolute atomic E-state index is 13.4. The van der Waals surface area contributed by atoms with Gasteiger partial charge in [0.15, 0.2) is 0 Å². The number of hydrogen-bond acceptors (Lipinski definition) is 4. The number of hydrogen-bond donors (Lipinski definition) is 3. The lowest BCUT2D eigenvalue weighted by Crippen LogP contribution is -2.26. The van der Waals surface area contributed by atoms with Crippen LogP contribution in [0.1, 0.15) is 18.4 Å². The maximum Gasteiger partial charge on any atom is 0.235 e. The highest BCUT2D eigenvalue weighted by Crippen LogP contribution is 2.18. The van der Waals surface area contributed by atoms with Gasteiger partial charge in [-0.1, -0.05) is 0 Å². The van der Waals surface area contributed by atoms with Crippen molar-refractivity contribution in [2.24, 2.45) is 5.73 Å². The summed E-state index contributed by atoms with van der Waals surface area (Å²) in [6.45, 7) is 0.575. The predicted molar refractivity (Wildman–Crippen MR) is 73.8 cm³/mol. The van der Waals surface area contributed by atoms with Gasteiger partial charge in [-0.2, -0.15) is 0 Å². The van der Waals surface area contributed by atoms with E-state index in [9.17, 15) is 12.8 Å². The highest BCUT2D eigenvalue weighted by Gasteiger charge is 2.23. The summed E-state index contributed by atoms with van der Waals surface area (Å²) in [5.74, 6) is -1.26. The van der Waals surface area contributed by atoms with Gasteiger partial charge in [0.25, 0.3) is 0 Å². The number of amidine groups is 1. The molecule has 4 N–H and O–H groups in total. The van der Waals surface area contributed by atoms with Crippen molar-refractivity contribution in [3.63, 3.8) is 0 Å². The maximum atomic E-state index is 13.4. The third kappa shape index (κ3) is 3.67. The smallest absolute Gasteiger partial charge is 0.235 e. The zero-order valence-corrected chi connectivity index (χ0v) is 11.5. The monoisotopic (exact) mass is 301 g/mol. The van der Waals surface area contributed by atoms with E-state index in [1.54, 1.807) is 0 Å².